The number of aromatic nitrogens is 1. The zero-order valence-corrected chi connectivity index (χ0v) is 24.2. The van der Waals surface area contributed by atoms with Crippen molar-refractivity contribution in [2.24, 2.45) is 4.99 Å². The third-order valence-corrected chi connectivity index (χ3v) is 9.42. The van der Waals surface area contributed by atoms with E-state index in [9.17, 15) is 0 Å². The molecule has 0 bridgehead atoms. The van der Waals surface area contributed by atoms with Gasteiger partial charge in [0.2, 0.25) is 0 Å². The maximum absolute atomic E-state index is 6.42. The maximum Gasteiger partial charge on any atom is 0.131 e. The molecule has 4 aromatic rings. The Balaban J connectivity index is 1.44. The standard InChI is InChI=1S/C39H34N2O/c1-39(2)32-19-21-33(26-14-8-4-9-15-26)40-36(32)35-29-22-23-42-37(29)30(25-12-6-3-7-13-25)24-31(35)28-18-20-34(41-38(28)39)27-16-10-5-11-17-27/h3-14,16-17,19,21,24,26H,15,18,20,22-23H2,1-2H3. The molecule has 0 saturated heterocycles. The Kier molecular flexibility index (Phi) is 5.89. The summed E-state index contributed by atoms with van der Waals surface area (Å²) < 4.78 is 6.42. The molecule has 3 heteroatoms. The fourth-order valence-corrected chi connectivity index (χ4v) is 7.26. The summed E-state index contributed by atoms with van der Waals surface area (Å²) in [7, 11) is 0. The average Bonchev–Trinajstić information content (AvgIpc) is 3.52. The lowest BCUT2D eigenvalue weighted by molar-refractivity contribution is 0.358. The van der Waals surface area contributed by atoms with E-state index in [1.165, 1.54) is 55.9 Å². The minimum Gasteiger partial charge on any atom is -0.492 e. The molecule has 42 heavy (non-hydrogen) atoms. The molecule has 8 rings (SSSR count). The number of pyridine rings is 1. The second-order valence-corrected chi connectivity index (χ2v) is 12.3. The molecule has 1 aromatic heterocycles. The first kappa shape index (κ1) is 25.2. The van der Waals surface area contributed by atoms with E-state index in [-0.39, 0.29) is 11.3 Å². The number of benzene rings is 3. The molecule has 4 aliphatic rings. The van der Waals surface area contributed by atoms with Crippen LogP contribution < -0.4 is 4.74 Å². The highest BCUT2D eigenvalue weighted by Gasteiger charge is 2.40. The third-order valence-electron chi connectivity index (χ3n) is 9.42. The Morgan fingerprint density at radius 1 is 0.810 bits per heavy atom. The summed E-state index contributed by atoms with van der Waals surface area (Å²) >= 11 is 0. The van der Waals surface area contributed by atoms with Crippen LogP contribution in [0.2, 0.25) is 0 Å². The molecule has 0 amide bonds. The minimum atomic E-state index is -0.322. The molecule has 0 N–H and O–H groups in total. The number of allylic oxidation sites excluding steroid dienone is 6. The number of fused-ring (bicyclic) bond motifs is 6. The Hall–Kier alpha value is -4.50. The zero-order chi connectivity index (χ0) is 28.3. The van der Waals surface area contributed by atoms with Crippen molar-refractivity contribution in [3.05, 3.63) is 137 Å². The highest BCUT2D eigenvalue weighted by molar-refractivity contribution is 6.05. The summed E-state index contributed by atoms with van der Waals surface area (Å²) in [5.41, 5.74) is 14.2. The first-order chi connectivity index (χ1) is 20.6. The number of nitrogens with zero attached hydrogens (tertiary/aromatic N) is 2. The molecular formula is C39H34N2O. The van der Waals surface area contributed by atoms with E-state index in [2.05, 4.69) is 117 Å². The van der Waals surface area contributed by atoms with Crippen LogP contribution in [-0.2, 0) is 11.8 Å². The lowest BCUT2D eigenvalue weighted by Gasteiger charge is -2.31. The smallest absolute Gasteiger partial charge is 0.131 e. The summed E-state index contributed by atoms with van der Waals surface area (Å²) in [6.45, 7) is 5.37. The van der Waals surface area contributed by atoms with Gasteiger partial charge in [-0.25, -0.2) is 0 Å². The van der Waals surface area contributed by atoms with Gasteiger partial charge in [0.25, 0.3) is 0 Å². The highest BCUT2D eigenvalue weighted by atomic mass is 16.5. The van der Waals surface area contributed by atoms with Crippen LogP contribution in [0.3, 0.4) is 0 Å². The summed E-state index contributed by atoms with van der Waals surface area (Å²) in [6.07, 6.45) is 12.5. The van der Waals surface area contributed by atoms with Gasteiger partial charge in [-0.15, -0.1) is 0 Å². The molecule has 206 valence electrons. The molecule has 0 fully saturated rings. The molecule has 3 aromatic carbocycles. The van der Waals surface area contributed by atoms with Gasteiger partial charge in [0, 0.05) is 45.8 Å². The first-order valence-corrected chi connectivity index (χ1v) is 15.2. The molecule has 2 aliphatic carbocycles. The fourth-order valence-electron chi connectivity index (χ4n) is 7.26. The molecular weight excluding hydrogens is 512 g/mol. The quantitative estimate of drug-likeness (QED) is 0.257. The summed E-state index contributed by atoms with van der Waals surface area (Å²) in [4.78, 5) is 11.0. The number of hydrogen-bond acceptors (Lipinski definition) is 3. The van der Waals surface area contributed by atoms with Crippen LogP contribution in [-0.4, -0.2) is 17.3 Å². The molecule has 0 spiro atoms. The zero-order valence-electron chi connectivity index (χ0n) is 24.2. The molecule has 2 aliphatic heterocycles. The van der Waals surface area contributed by atoms with Gasteiger partial charge in [0.05, 0.1) is 18.0 Å². The second kappa shape index (κ2) is 9.80. The Labute approximate surface area is 248 Å². The van der Waals surface area contributed by atoms with E-state index < -0.39 is 0 Å². The number of ether oxygens (including phenoxy) is 1. The van der Waals surface area contributed by atoms with Gasteiger partial charge in [-0.1, -0.05) is 105 Å². The van der Waals surface area contributed by atoms with E-state index >= 15 is 0 Å². The highest BCUT2D eigenvalue weighted by Crippen LogP contribution is 2.54. The van der Waals surface area contributed by atoms with E-state index in [0.29, 0.717) is 6.61 Å². The monoisotopic (exact) mass is 546 g/mol. The van der Waals surface area contributed by atoms with Gasteiger partial charge in [-0.3, -0.25) is 9.98 Å². The average molecular weight is 547 g/mol. The van der Waals surface area contributed by atoms with Gasteiger partial charge in [0.1, 0.15) is 5.75 Å². The van der Waals surface area contributed by atoms with Gasteiger partial charge >= 0.3 is 0 Å². The molecule has 0 saturated carbocycles. The van der Waals surface area contributed by atoms with Crippen molar-refractivity contribution in [2.75, 3.05) is 6.61 Å². The molecule has 1 atom stereocenters. The normalized spacial score (nSPS) is 19.7. The van der Waals surface area contributed by atoms with Crippen LogP contribution in [0, 0.1) is 0 Å². The van der Waals surface area contributed by atoms with Crippen LogP contribution in [0.5, 0.6) is 5.75 Å². The van der Waals surface area contributed by atoms with Crippen molar-refractivity contribution in [3.63, 3.8) is 0 Å². The summed E-state index contributed by atoms with van der Waals surface area (Å²) in [6, 6.07) is 28.3. The second-order valence-electron chi connectivity index (χ2n) is 12.3. The largest absolute Gasteiger partial charge is 0.492 e. The van der Waals surface area contributed by atoms with Crippen molar-refractivity contribution in [1.29, 1.82) is 0 Å². The van der Waals surface area contributed by atoms with Gasteiger partial charge < -0.3 is 4.74 Å². The Morgan fingerprint density at radius 2 is 1.60 bits per heavy atom. The number of aliphatic imine (C=N–C) groups is 1. The van der Waals surface area contributed by atoms with Crippen molar-refractivity contribution in [2.45, 2.75) is 50.9 Å². The van der Waals surface area contributed by atoms with Gasteiger partial charge in [-0.05, 0) is 59.2 Å². The first-order valence-electron chi connectivity index (χ1n) is 15.2. The van der Waals surface area contributed by atoms with Crippen molar-refractivity contribution < 1.29 is 4.74 Å². The lowest BCUT2D eigenvalue weighted by atomic mass is 9.77. The topological polar surface area (TPSA) is 34.5 Å². The van der Waals surface area contributed by atoms with E-state index in [4.69, 9.17) is 14.7 Å². The van der Waals surface area contributed by atoms with Crippen LogP contribution >= 0.6 is 0 Å². The van der Waals surface area contributed by atoms with E-state index in [1.807, 2.05) is 0 Å². The summed E-state index contributed by atoms with van der Waals surface area (Å²) in [5, 5.41) is 0. The lowest BCUT2D eigenvalue weighted by Crippen LogP contribution is -2.24. The molecule has 0 radical (unpaired) electrons. The van der Waals surface area contributed by atoms with Crippen LogP contribution in [0.4, 0.5) is 0 Å². The summed E-state index contributed by atoms with van der Waals surface area (Å²) in [5.74, 6) is 1.30. The van der Waals surface area contributed by atoms with Crippen molar-refractivity contribution in [3.8, 4) is 28.1 Å². The molecule has 1 unspecified atom stereocenters. The molecule has 3 nitrogen and oxygen atoms in total. The fraction of sp³-hybridized carbons (Fsp3) is 0.231. The third kappa shape index (κ3) is 3.94. The number of hydrogen-bond donors (Lipinski definition) is 0. The van der Waals surface area contributed by atoms with Crippen LogP contribution in [0.1, 0.15) is 67.0 Å². The van der Waals surface area contributed by atoms with Crippen molar-refractivity contribution in [1.82, 2.24) is 4.98 Å². The van der Waals surface area contributed by atoms with Crippen molar-refractivity contribution >= 4 is 11.3 Å². The predicted molar refractivity (Wildman–Crippen MR) is 172 cm³/mol. The Morgan fingerprint density at radius 3 is 2.36 bits per heavy atom. The predicted octanol–water partition coefficient (Wildman–Crippen LogP) is 9.24. The van der Waals surface area contributed by atoms with Gasteiger partial charge in [0.15, 0.2) is 0 Å². The van der Waals surface area contributed by atoms with Gasteiger partial charge in [-0.2, -0.15) is 0 Å². The Bertz CT molecular complexity index is 1840. The number of rotatable bonds is 3. The van der Waals surface area contributed by atoms with E-state index in [0.717, 1.165) is 42.8 Å². The van der Waals surface area contributed by atoms with Crippen LogP contribution in [0.25, 0.3) is 28.0 Å². The maximum atomic E-state index is 6.42. The van der Waals surface area contributed by atoms with Crippen LogP contribution in [0.15, 0.2) is 114 Å². The van der Waals surface area contributed by atoms with E-state index in [1.54, 1.807) is 0 Å². The molecule has 3 heterocycles. The minimum absolute atomic E-state index is 0.285. The SMILES string of the molecule is CC1(C)C2=C(CCC(c3ccccc3)=N2)c2cc(-c3ccccc3)c3c(c2-c2nc(C4C=CC=CC4)ccc21)CCO3.